The summed E-state index contributed by atoms with van der Waals surface area (Å²) in [5.41, 5.74) is 0.459. The van der Waals surface area contributed by atoms with E-state index < -0.39 is 0 Å². The number of nitrogens with zero attached hydrogens (tertiary/aromatic N) is 5. The zero-order valence-corrected chi connectivity index (χ0v) is 19.1. The van der Waals surface area contributed by atoms with Gasteiger partial charge in [0.05, 0.1) is 31.0 Å². The Kier molecular flexibility index (Phi) is 8.05. The number of carbonyl (C=O) groups excluding carboxylic acids is 2. The van der Waals surface area contributed by atoms with Crippen molar-refractivity contribution in [3.63, 3.8) is 0 Å². The van der Waals surface area contributed by atoms with Gasteiger partial charge in [-0.2, -0.15) is 5.10 Å². The average molecular weight is 447 g/mol. The summed E-state index contributed by atoms with van der Waals surface area (Å²) < 4.78 is 6.90. The highest BCUT2D eigenvalue weighted by atomic mass is 32.1. The molecule has 9 nitrogen and oxygen atoms in total. The second-order valence-corrected chi connectivity index (χ2v) is 8.56. The number of guanidine groups is 1. The molecule has 0 radical (unpaired) electrons. The van der Waals surface area contributed by atoms with Crippen molar-refractivity contribution in [2.75, 3.05) is 40.3 Å². The highest BCUT2D eigenvalue weighted by Gasteiger charge is 2.25. The van der Waals surface area contributed by atoms with Crippen molar-refractivity contribution < 1.29 is 14.3 Å². The van der Waals surface area contributed by atoms with E-state index in [1.54, 1.807) is 49.6 Å². The predicted octanol–water partition coefficient (Wildman–Crippen LogP) is 1.99. The van der Waals surface area contributed by atoms with Gasteiger partial charge in [0.2, 0.25) is 5.91 Å². The summed E-state index contributed by atoms with van der Waals surface area (Å²) in [5, 5.41) is 9.84. The van der Waals surface area contributed by atoms with Crippen LogP contribution in [0.2, 0.25) is 0 Å². The molecule has 10 heteroatoms. The van der Waals surface area contributed by atoms with Gasteiger partial charge < -0.3 is 19.9 Å². The number of esters is 1. The van der Waals surface area contributed by atoms with Crippen molar-refractivity contribution in [2.45, 2.75) is 32.4 Å². The molecule has 1 unspecified atom stereocenters. The molecule has 1 fully saturated rings. The van der Waals surface area contributed by atoms with Crippen LogP contribution in [0.25, 0.3) is 0 Å². The summed E-state index contributed by atoms with van der Waals surface area (Å²) in [6.45, 7) is 4.40. The third-order valence-corrected chi connectivity index (χ3v) is 5.92. The van der Waals surface area contributed by atoms with E-state index in [0.29, 0.717) is 31.2 Å². The summed E-state index contributed by atoms with van der Waals surface area (Å²) in [7, 11) is 3.46. The predicted molar refractivity (Wildman–Crippen MR) is 120 cm³/mol. The average Bonchev–Trinajstić information content (AvgIpc) is 3.46. The second kappa shape index (κ2) is 10.9. The molecule has 0 aliphatic carbocycles. The first kappa shape index (κ1) is 22.8. The Morgan fingerprint density at radius 2 is 2.26 bits per heavy atom. The van der Waals surface area contributed by atoms with Crippen LogP contribution in [0.4, 0.5) is 0 Å². The van der Waals surface area contributed by atoms with Crippen LogP contribution in [0, 0.1) is 0 Å². The Balaban J connectivity index is 1.71. The lowest BCUT2D eigenvalue weighted by atomic mass is 10.1. The molecule has 1 N–H and O–H groups in total. The maximum absolute atomic E-state index is 12.1. The van der Waals surface area contributed by atoms with Gasteiger partial charge in [-0.15, -0.1) is 11.3 Å². The number of nitrogens with one attached hydrogen (secondary N) is 1. The smallest absolute Gasteiger partial charge is 0.341 e. The van der Waals surface area contributed by atoms with Crippen molar-refractivity contribution in [2.24, 2.45) is 4.99 Å². The molecule has 31 heavy (non-hydrogen) atoms. The molecule has 2 aromatic rings. The van der Waals surface area contributed by atoms with Gasteiger partial charge in [-0.05, 0) is 31.2 Å². The van der Waals surface area contributed by atoms with Gasteiger partial charge in [0.15, 0.2) is 5.96 Å². The molecule has 1 amide bonds. The number of hydrogen-bond donors (Lipinski definition) is 1. The molecular formula is C21H30N6O3S. The third-order valence-electron chi connectivity index (χ3n) is 5.05. The number of likely N-dealkylation sites (tertiary alicyclic amines) is 1. The summed E-state index contributed by atoms with van der Waals surface area (Å²) in [6, 6.07) is 4.19. The number of amides is 1. The molecule has 0 aromatic carbocycles. The molecule has 1 aliphatic rings. The van der Waals surface area contributed by atoms with E-state index in [0.717, 1.165) is 19.4 Å². The molecule has 0 spiro atoms. The normalized spacial score (nSPS) is 16.8. The number of likely N-dealkylation sites (N-methyl/N-ethyl adjacent to an activating group) is 1. The number of thiophene rings is 1. The fraction of sp³-hybridized carbons (Fsp3) is 0.524. The summed E-state index contributed by atoms with van der Waals surface area (Å²) in [5.74, 6) is 0.310. The zero-order valence-electron chi connectivity index (χ0n) is 18.3. The third kappa shape index (κ3) is 6.30. The van der Waals surface area contributed by atoms with Crippen LogP contribution >= 0.6 is 11.3 Å². The molecule has 1 saturated heterocycles. The van der Waals surface area contributed by atoms with Crippen molar-refractivity contribution in [1.29, 1.82) is 0 Å². The van der Waals surface area contributed by atoms with E-state index >= 15 is 0 Å². The molecule has 3 rings (SSSR count). The SMILES string of the molecule is CCOC(=O)c1cnn(C2CCCN(C(=NCC(=O)N(C)C)NCc3cccs3)C2)c1. The zero-order chi connectivity index (χ0) is 22.2. The molecule has 0 saturated carbocycles. The Bertz CT molecular complexity index is 893. The molecule has 3 heterocycles. The Labute approximate surface area is 186 Å². The standard InChI is InChI=1S/C21H30N6O3S/c1-4-30-20(29)16-11-24-27(14-16)17-7-5-9-26(15-17)21(23-13-19(28)25(2)3)22-12-18-8-6-10-31-18/h6,8,10-11,14,17H,4-5,7,9,12-13,15H2,1-3H3,(H,22,23). The monoisotopic (exact) mass is 446 g/mol. The van der Waals surface area contributed by atoms with Gasteiger partial charge in [0, 0.05) is 38.3 Å². The van der Waals surface area contributed by atoms with Crippen LogP contribution in [-0.4, -0.2) is 77.8 Å². The van der Waals surface area contributed by atoms with Crippen LogP contribution in [0.15, 0.2) is 34.9 Å². The first-order valence-electron chi connectivity index (χ1n) is 10.4. The number of aliphatic imine (C=N–C) groups is 1. The number of hydrogen-bond acceptors (Lipinski definition) is 6. The van der Waals surface area contributed by atoms with Gasteiger partial charge in [-0.25, -0.2) is 9.79 Å². The first-order valence-corrected chi connectivity index (χ1v) is 11.3. The fourth-order valence-electron chi connectivity index (χ4n) is 3.35. The molecule has 1 aliphatic heterocycles. The van der Waals surface area contributed by atoms with Crippen molar-refractivity contribution >= 4 is 29.2 Å². The minimum absolute atomic E-state index is 0.0462. The second-order valence-electron chi connectivity index (χ2n) is 7.53. The van der Waals surface area contributed by atoms with Gasteiger partial charge in [0.1, 0.15) is 6.54 Å². The number of ether oxygens (including phenoxy) is 1. The number of piperidine rings is 1. The largest absolute Gasteiger partial charge is 0.462 e. The number of rotatable bonds is 7. The summed E-state index contributed by atoms with van der Waals surface area (Å²) >= 11 is 1.68. The van der Waals surface area contributed by atoms with E-state index in [1.807, 2.05) is 16.1 Å². The fourth-order valence-corrected chi connectivity index (χ4v) is 4.00. The van der Waals surface area contributed by atoms with Crippen molar-refractivity contribution in [3.8, 4) is 0 Å². The Morgan fingerprint density at radius 1 is 1.42 bits per heavy atom. The van der Waals surface area contributed by atoms with E-state index in [-0.39, 0.29) is 24.5 Å². The molecule has 1 atom stereocenters. The highest BCUT2D eigenvalue weighted by molar-refractivity contribution is 7.09. The Hall–Kier alpha value is -2.88. The van der Waals surface area contributed by atoms with Gasteiger partial charge in [0.25, 0.3) is 0 Å². The molecular weight excluding hydrogens is 416 g/mol. The summed E-state index contributed by atoms with van der Waals surface area (Å²) in [4.78, 5) is 33.6. The Morgan fingerprint density at radius 3 is 2.97 bits per heavy atom. The van der Waals surface area contributed by atoms with E-state index in [9.17, 15) is 9.59 Å². The van der Waals surface area contributed by atoms with Gasteiger partial charge >= 0.3 is 5.97 Å². The minimum Gasteiger partial charge on any atom is -0.462 e. The molecule has 2 aromatic heterocycles. The van der Waals surface area contributed by atoms with Crippen LogP contribution in [-0.2, 0) is 16.1 Å². The van der Waals surface area contributed by atoms with Crippen molar-refractivity contribution in [1.82, 2.24) is 24.9 Å². The molecule has 0 bridgehead atoms. The van der Waals surface area contributed by atoms with Crippen LogP contribution in [0.1, 0.15) is 41.0 Å². The van der Waals surface area contributed by atoms with E-state index in [1.165, 1.54) is 4.88 Å². The number of carbonyl (C=O) groups is 2. The van der Waals surface area contributed by atoms with Crippen molar-refractivity contribution in [3.05, 3.63) is 40.3 Å². The van der Waals surface area contributed by atoms with Gasteiger partial charge in [-0.1, -0.05) is 6.07 Å². The lowest BCUT2D eigenvalue weighted by Crippen LogP contribution is -2.47. The topological polar surface area (TPSA) is 92.1 Å². The van der Waals surface area contributed by atoms with E-state index in [4.69, 9.17) is 4.74 Å². The maximum Gasteiger partial charge on any atom is 0.341 e. The van der Waals surface area contributed by atoms with Crippen LogP contribution < -0.4 is 5.32 Å². The lowest BCUT2D eigenvalue weighted by Gasteiger charge is -2.35. The van der Waals surface area contributed by atoms with Crippen LogP contribution in [0.3, 0.4) is 0 Å². The lowest BCUT2D eigenvalue weighted by molar-refractivity contribution is -0.127. The quantitative estimate of drug-likeness (QED) is 0.397. The van der Waals surface area contributed by atoms with Crippen LogP contribution in [0.5, 0.6) is 0 Å². The minimum atomic E-state index is -0.358. The molecule has 168 valence electrons. The number of aromatic nitrogens is 2. The first-order chi connectivity index (χ1) is 15.0. The highest BCUT2D eigenvalue weighted by Crippen LogP contribution is 2.22. The maximum atomic E-state index is 12.1. The summed E-state index contributed by atoms with van der Waals surface area (Å²) in [6.07, 6.45) is 5.21. The van der Waals surface area contributed by atoms with E-state index in [2.05, 4.69) is 26.4 Å². The van der Waals surface area contributed by atoms with Gasteiger partial charge in [-0.3, -0.25) is 9.48 Å².